The molecule has 0 radical (unpaired) electrons. The van der Waals surface area contributed by atoms with Crippen LogP contribution in [0.3, 0.4) is 0 Å². The number of fused-ring (bicyclic) bond motifs is 2. The third-order valence-electron chi connectivity index (χ3n) is 9.02. The van der Waals surface area contributed by atoms with E-state index < -0.39 is 74.3 Å². The van der Waals surface area contributed by atoms with Gasteiger partial charge in [0.05, 0.1) is 25.9 Å². The van der Waals surface area contributed by atoms with Crippen molar-refractivity contribution in [3.05, 3.63) is 102 Å². The monoisotopic (exact) mass is 646 g/mol. The Morgan fingerprint density at radius 3 is 1.94 bits per heavy atom. The van der Waals surface area contributed by atoms with Crippen molar-refractivity contribution in [3.63, 3.8) is 0 Å². The average Bonchev–Trinajstić information content (AvgIpc) is 3.43. The molecular weight excluding hydrogens is 603 g/mol. The van der Waals surface area contributed by atoms with Gasteiger partial charge in [0, 0.05) is 7.11 Å². The van der Waals surface area contributed by atoms with E-state index in [1.807, 2.05) is 112 Å². The molecule has 250 valence electrons. The van der Waals surface area contributed by atoms with Gasteiger partial charge in [-0.25, -0.2) is 0 Å². The Morgan fingerprint density at radius 1 is 0.702 bits per heavy atom. The Hall–Kier alpha value is -2.68. The van der Waals surface area contributed by atoms with Crippen LogP contribution in [0, 0.1) is 0 Å². The fraction of sp³-hybridized carbons (Fsp3) is 0.500. The Kier molecular flexibility index (Phi) is 10.1. The Bertz CT molecular complexity index is 1420. The van der Waals surface area contributed by atoms with E-state index in [9.17, 15) is 0 Å². The molecular formula is C36H43BO10. The molecule has 0 saturated carbocycles. The van der Waals surface area contributed by atoms with Crippen LogP contribution < -0.4 is 5.46 Å². The third-order valence-corrected chi connectivity index (χ3v) is 9.02. The molecule has 11 heteroatoms. The van der Waals surface area contributed by atoms with E-state index in [1.165, 1.54) is 0 Å². The molecule has 0 unspecified atom stereocenters. The summed E-state index contributed by atoms with van der Waals surface area (Å²) in [6.07, 6.45) is -5.65. The molecule has 4 saturated heterocycles. The second-order valence-corrected chi connectivity index (χ2v) is 12.9. The molecule has 3 aromatic carbocycles. The minimum absolute atomic E-state index is 0.280. The summed E-state index contributed by atoms with van der Waals surface area (Å²) in [6.45, 7) is 6.63. The van der Waals surface area contributed by atoms with Crippen LogP contribution in [0.5, 0.6) is 0 Å². The van der Waals surface area contributed by atoms with Crippen LogP contribution >= 0.6 is 0 Å². The molecule has 0 amide bonds. The minimum Gasteiger partial charge on any atom is -0.404 e. The van der Waals surface area contributed by atoms with Crippen LogP contribution in [0.4, 0.5) is 0 Å². The summed E-state index contributed by atoms with van der Waals surface area (Å²) in [4.78, 5) is 0. The van der Waals surface area contributed by atoms with Gasteiger partial charge in [0.25, 0.3) is 0 Å². The molecule has 3 aromatic rings. The summed E-state index contributed by atoms with van der Waals surface area (Å²) in [6, 6.07) is 29.9. The molecule has 0 aromatic heterocycles. The number of rotatable bonds is 10. The van der Waals surface area contributed by atoms with Crippen LogP contribution in [0.15, 0.2) is 91.0 Å². The molecule has 47 heavy (non-hydrogen) atoms. The standard InChI is InChI=1S/C36H43BO10/c1-23-28(31-33(34(38-4)42-23)46-36(2,3)45-31)44-35-32(40-21-25-16-10-6-11-17-25)30(39-20-24-14-8-5-9-15-24)29-27(43-35)22-41-37(47-29)26-18-12-7-13-19-26/h5-19,23,27-35H,20-22H2,1-4H3/t23-,27+,28-,29+,30-,31+,32+,33+,34+,35+/m0/s1. The highest BCUT2D eigenvalue weighted by molar-refractivity contribution is 6.61. The fourth-order valence-corrected chi connectivity index (χ4v) is 6.78. The lowest BCUT2D eigenvalue weighted by Gasteiger charge is -2.50. The largest absolute Gasteiger partial charge is 0.494 e. The highest BCUT2D eigenvalue weighted by atomic mass is 16.8. The summed E-state index contributed by atoms with van der Waals surface area (Å²) >= 11 is 0. The third kappa shape index (κ3) is 7.35. The highest BCUT2D eigenvalue weighted by Gasteiger charge is 2.58. The zero-order valence-corrected chi connectivity index (χ0v) is 27.2. The molecule has 7 rings (SSSR count). The first kappa shape index (κ1) is 32.9. The molecule has 4 aliphatic rings. The van der Waals surface area contributed by atoms with Crippen LogP contribution in [-0.4, -0.2) is 88.0 Å². The first-order chi connectivity index (χ1) is 22.9. The number of hydrogen-bond acceptors (Lipinski definition) is 10. The van der Waals surface area contributed by atoms with Crippen LogP contribution in [-0.2, 0) is 60.4 Å². The maximum absolute atomic E-state index is 6.86. The van der Waals surface area contributed by atoms with Crippen molar-refractivity contribution in [2.75, 3.05) is 13.7 Å². The van der Waals surface area contributed by atoms with E-state index in [4.69, 9.17) is 47.2 Å². The maximum Gasteiger partial charge on any atom is 0.494 e. The summed E-state index contributed by atoms with van der Waals surface area (Å²) < 4.78 is 64.4. The number of benzene rings is 3. The number of methoxy groups -OCH3 is 1. The predicted molar refractivity (Wildman–Crippen MR) is 171 cm³/mol. The highest BCUT2D eigenvalue weighted by Crippen LogP contribution is 2.41. The second kappa shape index (κ2) is 14.4. The lowest BCUT2D eigenvalue weighted by molar-refractivity contribution is -0.356. The average molecular weight is 647 g/mol. The Labute approximate surface area is 276 Å². The SMILES string of the molecule is CO[C@@H]1O[C@@H](C)[C@H](O[C@H]2O[C@@H]3COB(c4ccccc4)O[C@H]3[C@H](OCc3ccccc3)[C@H]2OCc2ccccc2)[C@H]2OC(C)(C)O[C@@H]12. The quantitative estimate of drug-likeness (QED) is 0.301. The van der Waals surface area contributed by atoms with Crippen molar-refractivity contribution in [1.82, 2.24) is 0 Å². The van der Waals surface area contributed by atoms with Gasteiger partial charge in [0.1, 0.15) is 42.7 Å². The van der Waals surface area contributed by atoms with E-state index in [1.54, 1.807) is 7.11 Å². The molecule has 10 nitrogen and oxygen atoms in total. The van der Waals surface area contributed by atoms with Crippen molar-refractivity contribution in [3.8, 4) is 0 Å². The van der Waals surface area contributed by atoms with Crippen molar-refractivity contribution >= 4 is 12.6 Å². The first-order valence-corrected chi connectivity index (χ1v) is 16.4. The predicted octanol–water partition coefficient (Wildman–Crippen LogP) is 3.99. The number of ether oxygens (including phenoxy) is 8. The smallest absolute Gasteiger partial charge is 0.404 e. The zero-order chi connectivity index (χ0) is 32.4. The van der Waals surface area contributed by atoms with E-state index >= 15 is 0 Å². The molecule has 0 spiro atoms. The van der Waals surface area contributed by atoms with Gasteiger partial charge < -0.3 is 47.2 Å². The van der Waals surface area contributed by atoms with Gasteiger partial charge in [0.2, 0.25) is 0 Å². The van der Waals surface area contributed by atoms with Crippen molar-refractivity contribution in [2.24, 2.45) is 0 Å². The van der Waals surface area contributed by atoms with E-state index in [0.717, 1.165) is 16.6 Å². The van der Waals surface area contributed by atoms with Crippen molar-refractivity contribution in [1.29, 1.82) is 0 Å². The summed E-state index contributed by atoms with van der Waals surface area (Å²) in [7, 11) is 1.02. The minimum atomic E-state index is -0.871. The molecule has 4 aliphatic heterocycles. The molecule has 0 N–H and O–H groups in total. The van der Waals surface area contributed by atoms with E-state index in [0.29, 0.717) is 13.2 Å². The molecule has 4 fully saturated rings. The zero-order valence-electron chi connectivity index (χ0n) is 27.2. The van der Waals surface area contributed by atoms with Gasteiger partial charge >= 0.3 is 7.12 Å². The Balaban J connectivity index is 1.20. The molecule has 0 bridgehead atoms. The molecule has 0 aliphatic carbocycles. The van der Waals surface area contributed by atoms with Crippen LogP contribution in [0.25, 0.3) is 0 Å². The van der Waals surface area contributed by atoms with Gasteiger partial charge in [-0.05, 0) is 37.4 Å². The van der Waals surface area contributed by atoms with Crippen molar-refractivity contribution < 1.29 is 47.2 Å². The van der Waals surface area contributed by atoms with Crippen LogP contribution in [0.2, 0.25) is 0 Å². The molecule has 10 atom stereocenters. The number of hydrogen-bond donors (Lipinski definition) is 0. The fourth-order valence-electron chi connectivity index (χ4n) is 6.78. The summed E-state index contributed by atoms with van der Waals surface area (Å²) in [5.41, 5.74) is 2.96. The summed E-state index contributed by atoms with van der Waals surface area (Å²) in [5.74, 6) is -0.846. The van der Waals surface area contributed by atoms with Gasteiger partial charge in [0.15, 0.2) is 18.4 Å². The first-order valence-electron chi connectivity index (χ1n) is 16.4. The van der Waals surface area contributed by atoms with Crippen LogP contribution in [0.1, 0.15) is 31.9 Å². The normalized spacial score (nSPS) is 34.9. The van der Waals surface area contributed by atoms with E-state index in [2.05, 4.69) is 0 Å². The maximum atomic E-state index is 6.86. The van der Waals surface area contributed by atoms with Gasteiger partial charge in [-0.15, -0.1) is 0 Å². The topological polar surface area (TPSA) is 92.3 Å². The summed E-state index contributed by atoms with van der Waals surface area (Å²) in [5, 5.41) is 0. The van der Waals surface area contributed by atoms with E-state index in [-0.39, 0.29) is 6.61 Å². The van der Waals surface area contributed by atoms with Gasteiger partial charge in [-0.1, -0.05) is 91.0 Å². The lowest BCUT2D eigenvalue weighted by Crippen LogP contribution is -2.68. The lowest BCUT2D eigenvalue weighted by atomic mass is 9.76. The Morgan fingerprint density at radius 2 is 1.30 bits per heavy atom. The van der Waals surface area contributed by atoms with Gasteiger partial charge in [-0.3, -0.25) is 0 Å². The van der Waals surface area contributed by atoms with Gasteiger partial charge in [-0.2, -0.15) is 0 Å². The molecule has 4 heterocycles. The van der Waals surface area contributed by atoms with Crippen molar-refractivity contribution in [2.45, 2.75) is 101 Å². The second-order valence-electron chi connectivity index (χ2n) is 12.9.